The van der Waals surface area contributed by atoms with E-state index < -0.39 is 11.0 Å². The van der Waals surface area contributed by atoms with Crippen LogP contribution in [0.4, 0.5) is 5.69 Å². The van der Waals surface area contributed by atoms with Crippen molar-refractivity contribution in [1.29, 1.82) is 0 Å². The van der Waals surface area contributed by atoms with E-state index in [4.69, 9.17) is 4.74 Å². The lowest BCUT2D eigenvalue weighted by Gasteiger charge is -2.11. The highest BCUT2D eigenvalue weighted by atomic mass is 79.9. The highest BCUT2D eigenvalue weighted by Crippen LogP contribution is 2.39. The van der Waals surface area contributed by atoms with Crippen molar-refractivity contribution in [2.45, 2.75) is 13.0 Å². The van der Waals surface area contributed by atoms with Crippen molar-refractivity contribution >= 4 is 37.5 Å². The fourth-order valence-electron chi connectivity index (χ4n) is 1.68. The smallest absolute Gasteiger partial charge is 0.271 e. The van der Waals surface area contributed by atoms with E-state index in [0.717, 1.165) is 5.56 Å². The topological polar surface area (TPSA) is 72.6 Å². The van der Waals surface area contributed by atoms with Crippen molar-refractivity contribution in [2.24, 2.45) is 0 Å². The van der Waals surface area contributed by atoms with Gasteiger partial charge in [-0.15, -0.1) is 0 Å². The number of benzene rings is 2. The van der Waals surface area contributed by atoms with Gasteiger partial charge in [-0.1, -0.05) is 12.1 Å². The Morgan fingerprint density at radius 2 is 1.71 bits per heavy atom. The fraction of sp³-hybridized carbons (Fsp3) is 0.143. The highest BCUT2D eigenvalue weighted by molar-refractivity contribution is 9.11. The van der Waals surface area contributed by atoms with Crippen LogP contribution in [0.15, 0.2) is 45.3 Å². The van der Waals surface area contributed by atoms with Gasteiger partial charge in [0.1, 0.15) is 5.75 Å². The quantitative estimate of drug-likeness (QED) is 0.564. The molecule has 2 aromatic rings. The fourth-order valence-corrected chi connectivity index (χ4v) is 3.01. The molecule has 2 rings (SSSR count). The highest BCUT2D eigenvalue weighted by Gasteiger charge is 2.15. The summed E-state index contributed by atoms with van der Waals surface area (Å²) in [6.45, 7) is 1.68. The molecule has 0 bridgehead atoms. The Bertz CT molecular complexity index is 648. The molecule has 0 saturated heterocycles. The molecule has 110 valence electrons. The number of aliphatic hydroxyl groups is 1. The second-order valence-electron chi connectivity index (χ2n) is 4.34. The van der Waals surface area contributed by atoms with Crippen molar-refractivity contribution in [3.8, 4) is 11.5 Å². The van der Waals surface area contributed by atoms with E-state index in [1.54, 1.807) is 31.2 Å². The first kappa shape index (κ1) is 15.9. The van der Waals surface area contributed by atoms with Gasteiger partial charge in [-0.05, 0) is 56.5 Å². The molecule has 21 heavy (non-hydrogen) atoms. The van der Waals surface area contributed by atoms with Gasteiger partial charge in [-0.2, -0.15) is 0 Å². The standard InChI is InChI=1S/C14H11Br2NO4/c1-8(18)9-2-4-11(5-3-9)21-14-12(15)6-10(17(19)20)7-13(14)16/h2-8,18H,1H3/t8-/m0/s1. The molecular formula is C14H11Br2NO4. The van der Waals surface area contributed by atoms with Gasteiger partial charge in [-0.25, -0.2) is 0 Å². The molecule has 2 aromatic carbocycles. The van der Waals surface area contributed by atoms with Crippen LogP contribution in [0.2, 0.25) is 0 Å². The van der Waals surface area contributed by atoms with Gasteiger partial charge < -0.3 is 9.84 Å². The first-order chi connectivity index (χ1) is 9.88. The number of halogens is 2. The Balaban J connectivity index is 2.29. The van der Waals surface area contributed by atoms with E-state index >= 15 is 0 Å². The third-order valence-electron chi connectivity index (χ3n) is 2.78. The van der Waals surface area contributed by atoms with Gasteiger partial charge in [0, 0.05) is 12.1 Å². The summed E-state index contributed by atoms with van der Waals surface area (Å²) in [6, 6.07) is 9.72. The van der Waals surface area contributed by atoms with E-state index in [1.807, 2.05) is 0 Å². The summed E-state index contributed by atoms with van der Waals surface area (Å²) < 4.78 is 6.66. The molecule has 0 aromatic heterocycles. The summed E-state index contributed by atoms with van der Waals surface area (Å²) >= 11 is 6.52. The van der Waals surface area contributed by atoms with Gasteiger partial charge in [0.2, 0.25) is 0 Å². The monoisotopic (exact) mass is 415 g/mol. The van der Waals surface area contributed by atoms with E-state index in [0.29, 0.717) is 20.4 Å². The lowest BCUT2D eigenvalue weighted by molar-refractivity contribution is -0.385. The number of nitro benzene ring substituents is 1. The minimum Gasteiger partial charge on any atom is -0.455 e. The maximum atomic E-state index is 10.8. The van der Waals surface area contributed by atoms with Gasteiger partial charge in [0.15, 0.2) is 5.75 Å². The molecule has 0 radical (unpaired) electrons. The molecule has 0 heterocycles. The van der Waals surface area contributed by atoms with Crippen LogP contribution in [0.25, 0.3) is 0 Å². The number of hydrogen-bond donors (Lipinski definition) is 1. The van der Waals surface area contributed by atoms with Crippen LogP contribution in [-0.2, 0) is 0 Å². The average Bonchev–Trinajstić information content (AvgIpc) is 2.43. The number of aliphatic hydroxyl groups excluding tert-OH is 1. The third-order valence-corrected chi connectivity index (χ3v) is 3.95. The van der Waals surface area contributed by atoms with Crippen LogP contribution < -0.4 is 4.74 Å². The van der Waals surface area contributed by atoms with Crippen LogP contribution in [0.3, 0.4) is 0 Å². The SMILES string of the molecule is C[C@H](O)c1ccc(Oc2c(Br)cc([N+](=O)[O-])cc2Br)cc1. The molecule has 7 heteroatoms. The maximum absolute atomic E-state index is 10.8. The lowest BCUT2D eigenvalue weighted by Crippen LogP contribution is -1.93. The van der Waals surface area contributed by atoms with E-state index in [-0.39, 0.29) is 5.69 Å². The Kier molecular flexibility index (Phi) is 4.97. The molecule has 0 unspecified atom stereocenters. The molecule has 1 atom stereocenters. The Morgan fingerprint density at radius 1 is 1.19 bits per heavy atom. The van der Waals surface area contributed by atoms with Crippen molar-refractivity contribution in [2.75, 3.05) is 0 Å². The number of nitrogens with zero attached hydrogens (tertiary/aromatic N) is 1. The van der Waals surface area contributed by atoms with Gasteiger partial charge in [0.05, 0.1) is 20.0 Å². The molecule has 0 fully saturated rings. The third kappa shape index (κ3) is 3.81. The number of nitro groups is 1. The van der Waals surface area contributed by atoms with Crippen molar-refractivity contribution in [1.82, 2.24) is 0 Å². The predicted octanol–water partition coefficient (Wildman–Crippen LogP) is 4.97. The van der Waals surface area contributed by atoms with Crippen LogP contribution >= 0.6 is 31.9 Å². The first-order valence-electron chi connectivity index (χ1n) is 5.98. The van der Waals surface area contributed by atoms with E-state index in [1.165, 1.54) is 12.1 Å². The zero-order valence-electron chi connectivity index (χ0n) is 10.9. The Labute approximate surface area is 138 Å². The Hall–Kier alpha value is -1.44. The molecule has 0 amide bonds. The summed E-state index contributed by atoms with van der Waals surface area (Å²) in [5.74, 6) is 1.01. The largest absolute Gasteiger partial charge is 0.455 e. The van der Waals surface area contributed by atoms with Gasteiger partial charge in [0.25, 0.3) is 5.69 Å². The van der Waals surface area contributed by atoms with Crippen molar-refractivity contribution in [3.05, 3.63) is 61.0 Å². The average molecular weight is 417 g/mol. The molecule has 0 aliphatic carbocycles. The second kappa shape index (κ2) is 6.55. The second-order valence-corrected chi connectivity index (χ2v) is 6.05. The van der Waals surface area contributed by atoms with E-state index in [9.17, 15) is 15.2 Å². The molecule has 5 nitrogen and oxygen atoms in total. The van der Waals surface area contributed by atoms with Gasteiger partial charge in [-0.3, -0.25) is 10.1 Å². The minimum absolute atomic E-state index is 0.0365. The zero-order chi connectivity index (χ0) is 15.6. The lowest BCUT2D eigenvalue weighted by atomic mass is 10.1. The zero-order valence-corrected chi connectivity index (χ0v) is 14.1. The summed E-state index contributed by atoms with van der Waals surface area (Å²) in [4.78, 5) is 10.3. The van der Waals surface area contributed by atoms with Crippen molar-refractivity contribution in [3.63, 3.8) is 0 Å². The first-order valence-corrected chi connectivity index (χ1v) is 7.56. The molecule has 0 saturated carbocycles. The van der Waals surface area contributed by atoms with Crippen LogP contribution in [0.1, 0.15) is 18.6 Å². The Morgan fingerprint density at radius 3 is 2.14 bits per heavy atom. The number of hydrogen-bond acceptors (Lipinski definition) is 4. The molecule has 1 N–H and O–H groups in total. The van der Waals surface area contributed by atoms with Crippen molar-refractivity contribution < 1.29 is 14.8 Å². The minimum atomic E-state index is -0.545. The van der Waals surface area contributed by atoms with Crippen LogP contribution in [0, 0.1) is 10.1 Å². The summed E-state index contributed by atoms with van der Waals surface area (Å²) in [5, 5.41) is 20.2. The van der Waals surface area contributed by atoms with Crippen LogP contribution in [-0.4, -0.2) is 10.0 Å². The number of rotatable bonds is 4. The van der Waals surface area contributed by atoms with Gasteiger partial charge >= 0.3 is 0 Å². The summed E-state index contributed by atoms with van der Waals surface area (Å²) in [6.07, 6.45) is -0.545. The maximum Gasteiger partial charge on any atom is 0.271 e. The number of non-ortho nitro benzene ring substituents is 1. The predicted molar refractivity (Wildman–Crippen MR) is 85.6 cm³/mol. The molecular weight excluding hydrogens is 406 g/mol. The number of ether oxygens (including phenoxy) is 1. The summed E-state index contributed by atoms with van der Waals surface area (Å²) in [7, 11) is 0. The van der Waals surface area contributed by atoms with E-state index in [2.05, 4.69) is 31.9 Å². The molecule has 0 aliphatic heterocycles. The summed E-state index contributed by atoms with van der Waals surface area (Å²) in [5.41, 5.74) is 0.745. The molecule has 0 spiro atoms. The molecule has 0 aliphatic rings. The normalized spacial score (nSPS) is 12.0. The van der Waals surface area contributed by atoms with Crippen LogP contribution in [0.5, 0.6) is 11.5 Å².